The van der Waals surface area contributed by atoms with Crippen molar-refractivity contribution in [3.63, 3.8) is 0 Å². The van der Waals surface area contributed by atoms with E-state index in [0.29, 0.717) is 10.7 Å². The van der Waals surface area contributed by atoms with Gasteiger partial charge in [-0.1, -0.05) is 54.6 Å². The lowest BCUT2D eigenvalue weighted by molar-refractivity contribution is -0.255. The van der Waals surface area contributed by atoms with Crippen LogP contribution in [-0.4, -0.2) is 16.9 Å². The van der Waals surface area contributed by atoms with Crippen LogP contribution in [-0.2, 0) is 11.2 Å². The standard InChI is InChI=1S/C19H16N2O3S/c1-12-17(13-7-3-2-4-8-13)21-19(25-12)20-16(22)11-14-9-5-6-10-15(14)18(23)24/h2-10H,11H2,1H3,(H,23,24)(H,20,21,22)/p-1. The number of nitrogens with zero attached hydrogens (tertiary/aromatic N) is 1. The summed E-state index contributed by atoms with van der Waals surface area (Å²) in [6.45, 7) is 1.95. The highest BCUT2D eigenvalue weighted by molar-refractivity contribution is 7.16. The molecule has 0 bridgehead atoms. The van der Waals surface area contributed by atoms with E-state index in [1.165, 1.54) is 17.4 Å². The zero-order valence-corrected chi connectivity index (χ0v) is 14.3. The summed E-state index contributed by atoms with van der Waals surface area (Å²) in [5.41, 5.74) is 2.25. The SMILES string of the molecule is Cc1sc(NC(=O)Cc2ccccc2C(=O)[O-])nc1-c1ccccc1. The predicted molar refractivity (Wildman–Crippen MR) is 95.4 cm³/mol. The molecule has 0 spiro atoms. The van der Waals surface area contributed by atoms with Gasteiger partial charge in [-0.15, -0.1) is 11.3 Å². The number of rotatable bonds is 5. The molecule has 0 atom stereocenters. The zero-order valence-electron chi connectivity index (χ0n) is 13.5. The lowest BCUT2D eigenvalue weighted by Crippen LogP contribution is -2.25. The number of aromatic carboxylic acids is 1. The van der Waals surface area contributed by atoms with Crippen LogP contribution in [0.5, 0.6) is 0 Å². The topological polar surface area (TPSA) is 82.1 Å². The molecule has 2 aromatic carbocycles. The Morgan fingerprint density at radius 3 is 2.48 bits per heavy atom. The van der Waals surface area contributed by atoms with Gasteiger partial charge in [0.1, 0.15) is 0 Å². The molecule has 5 nitrogen and oxygen atoms in total. The molecule has 1 heterocycles. The van der Waals surface area contributed by atoms with E-state index in [2.05, 4.69) is 10.3 Å². The number of aromatic nitrogens is 1. The second kappa shape index (κ2) is 7.27. The number of benzene rings is 2. The fraction of sp³-hybridized carbons (Fsp3) is 0.105. The third-order valence-corrected chi connectivity index (χ3v) is 4.56. The predicted octanol–water partition coefficient (Wildman–Crippen LogP) is 2.66. The summed E-state index contributed by atoms with van der Waals surface area (Å²) >= 11 is 1.39. The summed E-state index contributed by atoms with van der Waals surface area (Å²) in [6, 6.07) is 16.0. The van der Waals surface area contributed by atoms with E-state index < -0.39 is 5.97 Å². The van der Waals surface area contributed by atoms with E-state index in [9.17, 15) is 14.7 Å². The summed E-state index contributed by atoms with van der Waals surface area (Å²) in [5, 5.41) is 14.3. The molecule has 0 aliphatic rings. The molecule has 1 N–H and O–H groups in total. The monoisotopic (exact) mass is 351 g/mol. The minimum absolute atomic E-state index is 0.0259. The normalized spacial score (nSPS) is 10.4. The van der Waals surface area contributed by atoms with Crippen molar-refractivity contribution in [3.05, 3.63) is 70.6 Å². The highest BCUT2D eigenvalue weighted by Crippen LogP contribution is 2.30. The van der Waals surface area contributed by atoms with Crippen molar-refractivity contribution in [2.45, 2.75) is 13.3 Å². The third kappa shape index (κ3) is 3.92. The number of amides is 1. The van der Waals surface area contributed by atoms with E-state index in [1.54, 1.807) is 18.2 Å². The van der Waals surface area contributed by atoms with Gasteiger partial charge in [0.25, 0.3) is 0 Å². The molecule has 3 aromatic rings. The van der Waals surface area contributed by atoms with Crippen LogP contribution in [0.1, 0.15) is 20.8 Å². The maximum absolute atomic E-state index is 12.3. The molecule has 1 aromatic heterocycles. The minimum Gasteiger partial charge on any atom is -0.545 e. The average molecular weight is 351 g/mol. The molecular weight excluding hydrogens is 336 g/mol. The van der Waals surface area contributed by atoms with E-state index in [1.807, 2.05) is 37.3 Å². The van der Waals surface area contributed by atoms with Crippen molar-refractivity contribution < 1.29 is 14.7 Å². The first-order chi connectivity index (χ1) is 12.0. The summed E-state index contributed by atoms with van der Waals surface area (Å²) in [6.07, 6.45) is -0.0521. The van der Waals surface area contributed by atoms with Crippen LogP contribution in [0, 0.1) is 6.92 Å². The molecule has 1 amide bonds. The number of nitrogens with one attached hydrogen (secondary N) is 1. The number of carbonyl (C=O) groups excluding carboxylic acids is 2. The maximum Gasteiger partial charge on any atom is 0.230 e. The number of carboxylic acid groups (broad SMARTS) is 1. The molecule has 0 radical (unpaired) electrons. The van der Waals surface area contributed by atoms with Crippen molar-refractivity contribution >= 4 is 28.3 Å². The van der Waals surface area contributed by atoms with E-state index in [4.69, 9.17) is 0 Å². The molecule has 0 unspecified atom stereocenters. The average Bonchev–Trinajstić information content (AvgIpc) is 2.96. The van der Waals surface area contributed by atoms with Gasteiger partial charge in [0.05, 0.1) is 18.1 Å². The number of hydrogen-bond acceptors (Lipinski definition) is 5. The molecule has 126 valence electrons. The number of thiazole rings is 1. The molecule has 25 heavy (non-hydrogen) atoms. The Morgan fingerprint density at radius 2 is 1.76 bits per heavy atom. The Hall–Kier alpha value is -2.99. The summed E-state index contributed by atoms with van der Waals surface area (Å²) in [5.74, 6) is -1.61. The molecular formula is C19H15N2O3S-. The lowest BCUT2D eigenvalue weighted by Gasteiger charge is -2.09. The Balaban J connectivity index is 1.75. The third-order valence-electron chi connectivity index (χ3n) is 3.68. The minimum atomic E-state index is -1.29. The van der Waals surface area contributed by atoms with Crippen LogP contribution < -0.4 is 10.4 Å². The zero-order chi connectivity index (χ0) is 17.8. The number of carboxylic acids is 1. The molecule has 0 saturated heterocycles. The lowest BCUT2D eigenvalue weighted by atomic mass is 10.0. The first-order valence-corrected chi connectivity index (χ1v) is 8.48. The molecule has 0 aliphatic carbocycles. The molecule has 6 heteroatoms. The first kappa shape index (κ1) is 16.9. The first-order valence-electron chi connectivity index (χ1n) is 7.66. The van der Waals surface area contributed by atoms with Crippen LogP contribution in [0.25, 0.3) is 11.3 Å². The van der Waals surface area contributed by atoms with Crippen molar-refractivity contribution in [3.8, 4) is 11.3 Å². The second-order valence-corrected chi connectivity index (χ2v) is 6.66. The van der Waals surface area contributed by atoms with Gasteiger partial charge in [0.2, 0.25) is 5.91 Å². The van der Waals surface area contributed by atoms with Gasteiger partial charge in [0, 0.05) is 16.0 Å². The quantitative estimate of drug-likeness (QED) is 0.766. The Labute approximate surface area is 149 Å². The second-order valence-electron chi connectivity index (χ2n) is 5.46. The molecule has 0 fully saturated rings. The maximum atomic E-state index is 12.3. The Kier molecular flexibility index (Phi) is 4.90. The fourth-order valence-corrected chi connectivity index (χ4v) is 3.38. The molecule has 0 saturated carbocycles. The number of carbonyl (C=O) groups is 2. The number of anilines is 1. The Morgan fingerprint density at radius 1 is 1.08 bits per heavy atom. The van der Waals surface area contributed by atoms with Crippen LogP contribution in [0.2, 0.25) is 0 Å². The largest absolute Gasteiger partial charge is 0.545 e. The van der Waals surface area contributed by atoms with Crippen molar-refractivity contribution in [2.24, 2.45) is 0 Å². The summed E-state index contributed by atoms with van der Waals surface area (Å²) in [4.78, 5) is 28.8. The van der Waals surface area contributed by atoms with Gasteiger partial charge in [-0.05, 0) is 12.5 Å². The fourth-order valence-electron chi connectivity index (χ4n) is 2.52. The summed E-state index contributed by atoms with van der Waals surface area (Å²) in [7, 11) is 0. The van der Waals surface area contributed by atoms with Crippen LogP contribution in [0.4, 0.5) is 5.13 Å². The highest BCUT2D eigenvalue weighted by Gasteiger charge is 2.13. The molecule has 3 rings (SSSR count). The number of hydrogen-bond donors (Lipinski definition) is 1. The van der Waals surface area contributed by atoms with Gasteiger partial charge in [-0.3, -0.25) is 4.79 Å². The highest BCUT2D eigenvalue weighted by atomic mass is 32.1. The van der Waals surface area contributed by atoms with Crippen molar-refractivity contribution in [2.75, 3.05) is 5.32 Å². The van der Waals surface area contributed by atoms with Gasteiger partial charge in [0.15, 0.2) is 5.13 Å². The van der Waals surface area contributed by atoms with Gasteiger partial charge in [-0.25, -0.2) is 4.98 Å². The van der Waals surface area contributed by atoms with Gasteiger partial charge >= 0.3 is 0 Å². The summed E-state index contributed by atoms with van der Waals surface area (Å²) < 4.78 is 0. The van der Waals surface area contributed by atoms with Gasteiger partial charge < -0.3 is 15.2 Å². The van der Waals surface area contributed by atoms with Gasteiger partial charge in [-0.2, -0.15) is 0 Å². The van der Waals surface area contributed by atoms with Crippen LogP contribution in [0.3, 0.4) is 0 Å². The number of aryl methyl sites for hydroxylation is 1. The van der Waals surface area contributed by atoms with Crippen LogP contribution in [0.15, 0.2) is 54.6 Å². The molecule has 0 aliphatic heterocycles. The Bertz CT molecular complexity index is 919. The van der Waals surface area contributed by atoms with Crippen molar-refractivity contribution in [1.82, 2.24) is 4.98 Å². The van der Waals surface area contributed by atoms with E-state index in [0.717, 1.165) is 16.1 Å². The van der Waals surface area contributed by atoms with Crippen LogP contribution >= 0.6 is 11.3 Å². The van der Waals surface area contributed by atoms with Crippen molar-refractivity contribution in [1.29, 1.82) is 0 Å². The van der Waals surface area contributed by atoms with E-state index >= 15 is 0 Å². The smallest absolute Gasteiger partial charge is 0.230 e. The van der Waals surface area contributed by atoms with E-state index in [-0.39, 0.29) is 17.9 Å².